The molecule has 200 valence electrons. The van der Waals surface area contributed by atoms with Crippen LogP contribution in [0.3, 0.4) is 0 Å². The molecule has 9 nitrogen and oxygen atoms in total. The minimum absolute atomic E-state index is 0.212. The summed E-state index contributed by atoms with van der Waals surface area (Å²) in [7, 11) is 0. The lowest BCUT2D eigenvalue weighted by molar-refractivity contribution is -0.274. The minimum atomic E-state index is -4.75. The number of nitrogens with one attached hydrogen (secondary N) is 1. The number of likely N-dealkylation sites (tertiary alicyclic amines) is 1. The normalized spacial score (nSPS) is 14.2. The van der Waals surface area contributed by atoms with Crippen LogP contribution in [0, 0.1) is 6.92 Å². The predicted molar refractivity (Wildman–Crippen MR) is 134 cm³/mol. The van der Waals surface area contributed by atoms with Crippen LogP contribution >= 0.6 is 0 Å². The zero-order valence-corrected chi connectivity index (χ0v) is 20.9. The fraction of sp³-hybridized carbons (Fsp3) is 0.385. The van der Waals surface area contributed by atoms with Gasteiger partial charge in [0.1, 0.15) is 11.6 Å². The third-order valence-electron chi connectivity index (χ3n) is 6.29. The Bertz CT molecular complexity index is 1330. The van der Waals surface area contributed by atoms with Crippen LogP contribution in [0.4, 0.5) is 19.0 Å². The van der Waals surface area contributed by atoms with E-state index < -0.39 is 6.36 Å². The van der Waals surface area contributed by atoms with Crippen LogP contribution in [-0.4, -0.2) is 62.3 Å². The highest BCUT2D eigenvalue weighted by atomic mass is 19.4. The molecule has 1 aliphatic heterocycles. The lowest BCUT2D eigenvalue weighted by atomic mass is 10.2. The van der Waals surface area contributed by atoms with E-state index in [0.29, 0.717) is 17.8 Å². The van der Waals surface area contributed by atoms with Gasteiger partial charge in [-0.25, -0.2) is 4.98 Å². The summed E-state index contributed by atoms with van der Waals surface area (Å²) in [4.78, 5) is 11.4. The maximum Gasteiger partial charge on any atom is 0.573 e. The number of pyridine rings is 1. The number of alkyl halides is 3. The molecular formula is C26H28F3N7O2. The van der Waals surface area contributed by atoms with Crippen molar-refractivity contribution in [1.29, 1.82) is 0 Å². The van der Waals surface area contributed by atoms with Crippen molar-refractivity contribution in [3.63, 3.8) is 0 Å². The van der Waals surface area contributed by atoms with Crippen molar-refractivity contribution in [2.24, 2.45) is 0 Å². The Morgan fingerprint density at radius 2 is 1.87 bits per heavy atom. The van der Waals surface area contributed by atoms with Gasteiger partial charge in [-0.15, -0.1) is 13.2 Å². The second-order valence-electron chi connectivity index (χ2n) is 9.20. The topological polar surface area (TPSA) is 94.1 Å². The highest BCUT2D eigenvalue weighted by Gasteiger charge is 2.31. The number of anilines is 1. The van der Waals surface area contributed by atoms with Crippen LogP contribution < -0.4 is 10.1 Å². The van der Waals surface area contributed by atoms with E-state index in [0.717, 1.165) is 36.6 Å². The molecule has 0 unspecified atom stereocenters. The van der Waals surface area contributed by atoms with Gasteiger partial charge in [0.15, 0.2) is 5.69 Å². The first-order valence-corrected chi connectivity index (χ1v) is 12.5. The summed E-state index contributed by atoms with van der Waals surface area (Å²) >= 11 is 0. The Kier molecular flexibility index (Phi) is 7.59. The first kappa shape index (κ1) is 25.7. The van der Waals surface area contributed by atoms with Gasteiger partial charge < -0.3 is 19.5 Å². The zero-order chi connectivity index (χ0) is 26.5. The smallest absolute Gasteiger partial charge is 0.406 e. The Morgan fingerprint density at radius 1 is 1.08 bits per heavy atom. The number of rotatable bonds is 10. The van der Waals surface area contributed by atoms with E-state index in [1.54, 1.807) is 0 Å². The molecule has 1 fully saturated rings. The molecule has 38 heavy (non-hydrogen) atoms. The summed E-state index contributed by atoms with van der Waals surface area (Å²) in [5.41, 5.74) is 2.89. The molecule has 4 heterocycles. The number of nitrogens with zero attached hydrogens (tertiary/aromatic N) is 6. The van der Waals surface area contributed by atoms with E-state index in [9.17, 15) is 13.2 Å². The molecule has 12 heteroatoms. The SMILES string of the molecule is Cc1cc(-c2nc(-c3ccc(OC(F)(F)F)cc3)no2)nn1Cc1ccc(NCCCN2CCCC2)nc1. The number of hydrogen-bond donors (Lipinski definition) is 1. The van der Waals surface area contributed by atoms with Crippen LogP contribution in [0.25, 0.3) is 23.0 Å². The largest absolute Gasteiger partial charge is 0.573 e. The summed E-state index contributed by atoms with van der Waals surface area (Å²) in [5.74, 6) is 0.974. The van der Waals surface area contributed by atoms with E-state index in [1.165, 1.54) is 50.2 Å². The Balaban J connectivity index is 1.17. The van der Waals surface area contributed by atoms with E-state index in [1.807, 2.05) is 36.0 Å². The Labute approximate surface area is 217 Å². The third-order valence-corrected chi connectivity index (χ3v) is 6.29. The number of aryl methyl sites for hydroxylation is 1. The summed E-state index contributed by atoms with van der Waals surface area (Å²) in [6, 6.07) is 11.1. The average Bonchev–Trinajstić information content (AvgIpc) is 3.65. The maximum atomic E-state index is 12.4. The maximum absolute atomic E-state index is 12.4. The molecule has 1 aliphatic rings. The van der Waals surface area contributed by atoms with Crippen molar-refractivity contribution in [1.82, 2.24) is 29.8 Å². The monoisotopic (exact) mass is 527 g/mol. The van der Waals surface area contributed by atoms with Crippen molar-refractivity contribution in [2.45, 2.75) is 39.1 Å². The van der Waals surface area contributed by atoms with Gasteiger partial charge in [0.2, 0.25) is 5.82 Å². The lowest BCUT2D eigenvalue weighted by Gasteiger charge is -2.14. The van der Waals surface area contributed by atoms with Gasteiger partial charge in [-0.3, -0.25) is 4.68 Å². The third kappa shape index (κ3) is 6.68. The van der Waals surface area contributed by atoms with Crippen LogP contribution in [0.2, 0.25) is 0 Å². The zero-order valence-electron chi connectivity index (χ0n) is 20.9. The first-order chi connectivity index (χ1) is 18.3. The Morgan fingerprint density at radius 3 is 2.58 bits per heavy atom. The summed E-state index contributed by atoms with van der Waals surface area (Å²) in [6.45, 7) is 6.89. The van der Waals surface area contributed by atoms with Crippen LogP contribution in [0.15, 0.2) is 53.2 Å². The number of halogens is 3. The molecule has 5 rings (SSSR count). The molecule has 0 radical (unpaired) electrons. The highest BCUT2D eigenvalue weighted by molar-refractivity contribution is 5.59. The molecule has 0 amide bonds. The fourth-order valence-electron chi connectivity index (χ4n) is 4.35. The van der Waals surface area contributed by atoms with Gasteiger partial charge in [-0.1, -0.05) is 11.2 Å². The molecule has 1 saturated heterocycles. The van der Waals surface area contributed by atoms with Crippen molar-refractivity contribution in [2.75, 3.05) is 31.5 Å². The van der Waals surface area contributed by atoms with Crippen molar-refractivity contribution in [3.8, 4) is 28.7 Å². The van der Waals surface area contributed by atoms with E-state index in [4.69, 9.17) is 4.52 Å². The van der Waals surface area contributed by atoms with Crippen LogP contribution in [0.1, 0.15) is 30.5 Å². The van der Waals surface area contributed by atoms with Gasteiger partial charge in [0.05, 0.1) is 6.54 Å². The minimum Gasteiger partial charge on any atom is -0.406 e. The van der Waals surface area contributed by atoms with Gasteiger partial charge in [-0.2, -0.15) is 10.1 Å². The van der Waals surface area contributed by atoms with Crippen LogP contribution in [-0.2, 0) is 6.54 Å². The second-order valence-corrected chi connectivity index (χ2v) is 9.20. The van der Waals surface area contributed by atoms with E-state index >= 15 is 0 Å². The first-order valence-electron chi connectivity index (χ1n) is 12.5. The van der Waals surface area contributed by atoms with Gasteiger partial charge >= 0.3 is 6.36 Å². The van der Waals surface area contributed by atoms with Gasteiger partial charge in [0, 0.05) is 24.0 Å². The molecule has 1 N–H and O–H groups in total. The quantitative estimate of drug-likeness (QED) is 0.283. The molecule has 0 aliphatic carbocycles. The van der Waals surface area contributed by atoms with E-state index in [-0.39, 0.29) is 17.5 Å². The molecule has 0 spiro atoms. The second kappa shape index (κ2) is 11.2. The molecule has 0 atom stereocenters. The molecular weight excluding hydrogens is 499 g/mol. The van der Waals surface area contributed by atoms with Crippen molar-refractivity contribution >= 4 is 5.82 Å². The number of hydrogen-bond acceptors (Lipinski definition) is 8. The summed E-state index contributed by atoms with van der Waals surface area (Å²) < 4.78 is 48.2. The van der Waals surface area contributed by atoms with Crippen molar-refractivity contribution < 1.29 is 22.4 Å². The number of ether oxygens (including phenoxy) is 1. The highest BCUT2D eigenvalue weighted by Crippen LogP contribution is 2.27. The Hall–Kier alpha value is -3.93. The average molecular weight is 528 g/mol. The molecule has 4 aromatic rings. The van der Waals surface area contributed by atoms with Gasteiger partial charge in [0.25, 0.3) is 5.89 Å². The number of benzene rings is 1. The molecule has 3 aromatic heterocycles. The van der Waals surface area contributed by atoms with E-state index in [2.05, 4.69) is 35.2 Å². The lowest BCUT2D eigenvalue weighted by Crippen LogP contribution is -2.22. The predicted octanol–water partition coefficient (Wildman–Crippen LogP) is 5.15. The molecule has 1 aromatic carbocycles. The summed E-state index contributed by atoms with van der Waals surface area (Å²) in [5, 5.41) is 11.9. The number of aromatic nitrogens is 5. The fourth-order valence-corrected chi connectivity index (χ4v) is 4.35. The standard InChI is InChI=1S/C26H28F3N7O2/c1-18-15-22(25-32-24(34-38-25)20-6-8-21(9-7-20)37-26(27,28)29)33-36(18)17-19-5-10-23(31-16-19)30-11-4-14-35-12-2-3-13-35/h5-10,15-16H,2-4,11-14,17H2,1H3,(H,30,31). The van der Waals surface area contributed by atoms with Crippen molar-refractivity contribution in [3.05, 3.63) is 59.9 Å². The summed E-state index contributed by atoms with van der Waals surface area (Å²) in [6.07, 6.45) is 0.796. The molecule has 0 saturated carbocycles. The molecule has 0 bridgehead atoms. The van der Waals surface area contributed by atoms with Gasteiger partial charge in [-0.05, 0) is 87.8 Å². The van der Waals surface area contributed by atoms with Crippen LogP contribution in [0.5, 0.6) is 5.75 Å².